The van der Waals surface area contributed by atoms with Crippen LogP contribution >= 0.6 is 0 Å². The van der Waals surface area contributed by atoms with Gasteiger partial charge in [0.15, 0.2) is 0 Å². The minimum absolute atomic E-state index is 0.156. The van der Waals surface area contributed by atoms with Crippen molar-refractivity contribution in [3.63, 3.8) is 0 Å². The molecule has 1 aromatic heterocycles. The molecule has 17 heavy (non-hydrogen) atoms. The van der Waals surface area contributed by atoms with Gasteiger partial charge in [0.05, 0.1) is 6.04 Å². The molecule has 0 amide bonds. The number of hydrogen-bond donors (Lipinski definition) is 1. The van der Waals surface area contributed by atoms with Crippen molar-refractivity contribution in [2.75, 3.05) is 5.32 Å². The third kappa shape index (κ3) is 2.66. The van der Waals surface area contributed by atoms with E-state index in [1.807, 2.05) is 0 Å². The number of benzene rings is 1. The molecule has 0 radical (unpaired) electrons. The largest absolute Gasteiger partial charge is 0.403 e. The van der Waals surface area contributed by atoms with E-state index >= 15 is 0 Å². The molecule has 0 spiro atoms. The van der Waals surface area contributed by atoms with E-state index < -0.39 is 6.04 Å². The second-order valence-electron chi connectivity index (χ2n) is 3.49. The van der Waals surface area contributed by atoms with Crippen LogP contribution in [-0.4, -0.2) is 22.5 Å². The fourth-order valence-corrected chi connectivity index (χ4v) is 1.22. The topological polar surface area (TPSA) is 68.0 Å². The quantitative estimate of drug-likeness (QED) is 0.819. The molecule has 0 unspecified atom stereocenters. The van der Waals surface area contributed by atoms with E-state index in [-0.39, 0.29) is 17.7 Å². The summed E-state index contributed by atoms with van der Waals surface area (Å²) in [6.07, 6.45) is 0.724. The van der Waals surface area contributed by atoms with Crippen molar-refractivity contribution in [3.8, 4) is 11.5 Å². The van der Waals surface area contributed by atoms with Gasteiger partial charge >= 0.3 is 6.01 Å². The van der Waals surface area contributed by atoms with Crippen LogP contribution in [0.2, 0.25) is 0 Å². The van der Waals surface area contributed by atoms with Crippen molar-refractivity contribution >= 4 is 12.3 Å². The number of halogens is 1. The molecule has 0 saturated carbocycles. The molecule has 0 fully saturated rings. The zero-order valence-corrected chi connectivity index (χ0v) is 9.05. The summed E-state index contributed by atoms with van der Waals surface area (Å²) < 4.78 is 18.0. The molecule has 6 heteroatoms. The van der Waals surface area contributed by atoms with E-state index in [1.54, 1.807) is 6.92 Å². The number of hydrogen-bond acceptors (Lipinski definition) is 5. The predicted octanol–water partition coefficient (Wildman–Crippen LogP) is 1.87. The van der Waals surface area contributed by atoms with Gasteiger partial charge in [0.25, 0.3) is 0 Å². The van der Waals surface area contributed by atoms with Crippen molar-refractivity contribution < 1.29 is 13.6 Å². The SMILES string of the molecule is C[C@H](C=O)Nc1nnc(-c2ccc(F)cc2)o1. The second kappa shape index (κ2) is 4.73. The Morgan fingerprint density at radius 2 is 2.06 bits per heavy atom. The van der Waals surface area contributed by atoms with Gasteiger partial charge in [-0.1, -0.05) is 5.10 Å². The van der Waals surface area contributed by atoms with E-state index in [0.717, 1.165) is 6.29 Å². The first-order valence-corrected chi connectivity index (χ1v) is 5.00. The summed E-state index contributed by atoms with van der Waals surface area (Å²) in [7, 11) is 0. The Morgan fingerprint density at radius 3 is 2.71 bits per heavy atom. The van der Waals surface area contributed by atoms with Gasteiger partial charge in [-0.15, -0.1) is 5.10 Å². The average molecular weight is 235 g/mol. The number of rotatable bonds is 4. The zero-order chi connectivity index (χ0) is 12.3. The van der Waals surface area contributed by atoms with Crippen molar-refractivity contribution in [3.05, 3.63) is 30.1 Å². The summed E-state index contributed by atoms with van der Waals surface area (Å²) in [5.41, 5.74) is 0.616. The summed E-state index contributed by atoms with van der Waals surface area (Å²) in [6, 6.07) is 5.44. The Labute approximate surface area is 96.7 Å². The highest BCUT2D eigenvalue weighted by Gasteiger charge is 2.10. The molecule has 1 atom stereocenters. The molecule has 2 rings (SSSR count). The van der Waals surface area contributed by atoms with E-state index in [2.05, 4.69) is 15.5 Å². The Balaban J connectivity index is 2.17. The molecule has 0 aliphatic rings. The molecule has 0 bridgehead atoms. The lowest BCUT2D eigenvalue weighted by Gasteiger charge is -2.01. The van der Waals surface area contributed by atoms with Gasteiger partial charge in [-0.25, -0.2) is 4.39 Å². The maximum absolute atomic E-state index is 12.7. The zero-order valence-electron chi connectivity index (χ0n) is 9.05. The third-order valence-electron chi connectivity index (χ3n) is 2.07. The maximum atomic E-state index is 12.7. The lowest BCUT2D eigenvalue weighted by Crippen LogP contribution is -2.16. The van der Waals surface area contributed by atoms with Crippen LogP contribution in [-0.2, 0) is 4.79 Å². The number of carbonyl (C=O) groups is 1. The number of aldehydes is 1. The van der Waals surface area contributed by atoms with Crippen LogP contribution in [0.3, 0.4) is 0 Å². The summed E-state index contributed by atoms with van der Waals surface area (Å²) in [6.45, 7) is 1.66. The first kappa shape index (κ1) is 11.3. The van der Waals surface area contributed by atoms with Gasteiger partial charge in [-0.3, -0.25) is 0 Å². The number of carbonyl (C=O) groups excluding carboxylic acids is 1. The van der Waals surface area contributed by atoms with Crippen LogP contribution < -0.4 is 5.32 Å². The minimum Gasteiger partial charge on any atom is -0.403 e. The van der Waals surface area contributed by atoms with Crippen molar-refractivity contribution in [1.82, 2.24) is 10.2 Å². The molecule has 1 heterocycles. The molecular formula is C11H10FN3O2. The lowest BCUT2D eigenvalue weighted by atomic mass is 10.2. The number of anilines is 1. The van der Waals surface area contributed by atoms with Crippen LogP contribution in [0.15, 0.2) is 28.7 Å². The molecule has 0 aliphatic heterocycles. The standard InChI is InChI=1S/C11H10FN3O2/c1-7(6-16)13-11-15-14-10(17-11)8-2-4-9(12)5-3-8/h2-7H,1H3,(H,13,15)/t7-/m1/s1. The monoisotopic (exact) mass is 235 g/mol. The van der Waals surface area contributed by atoms with Gasteiger partial charge < -0.3 is 14.5 Å². The predicted molar refractivity (Wildman–Crippen MR) is 58.8 cm³/mol. The highest BCUT2D eigenvalue weighted by atomic mass is 19.1. The normalized spacial score (nSPS) is 12.1. The number of nitrogens with zero attached hydrogens (tertiary/aromatic N) is 2. The van der Waals surface area contributed by atoms with Gasteiger partial charge in [-0.05, 0) is 31.2 Å². The summed E-state index contributed by atoms with van der Waals surface area (Å²) >= 11 is 0. The number of aromatic nitrogens is 2. The minimum atomic E-state index is -0.406. The number of nitrogens with one attached hydrogen (secondary N) is 1. The summed E-state index contributed by atoms with van der Waals surface area (Å²) in [5.74, 6) is -0.0632. The van der Waals surface area contributed by atoms with Crippen molar-refractivity contribution in [2.24, 2.45) is 0 Å². The van der Waals surface area contributed by atoms with E-state index in [1.165, 1.54) is 24.3 Å². The van der Waals surface area contributed by atoms with Gasteiger partial charge in [0, 0.05) is 5.56 Å². The fourth-order valence-electron chi connectivity index (χ4n) is 1.22. The van der Waals surface area contributed by atoms with Crippen molar-refractivity contribution in [2.45, 2.75) is 13.0 Å². The van der Waals surface area contributed by atoms with Crippen LogP contribution in [0.25, 0.3) is 11.5 Å². The molecule has 2 aromatic rings. The first-order valence-electron chi connectivity index (χ1n) is 5.00. The highest BCUT2D eigenvalue weighted by molar-refractivity contribution is 5.61. The van der Waals surface area contributed by atoms with Crippen LogP contribution in [0.5, 0.6) is 0 Å². The molecule has 5 nitrogen and oxygen atoms in total. The fraction of sp³-hybridized carbons (Fsp3) is 0.182. The second-order valence-corrected chi connectivity index (χ2v) is 3.49. The van der Waals surface area contributed by atoms with E-state index in [4.69, 9.17) is 4.42 Å². The van der Waals surface area contributed by atoms with E-state index in [0.29, 0.717) is 5.56 Å². The molecule has 1 aromatic carbocycles. The Bertz CT molecular complexity index is 510. The van der Waals surface area contributed by atoms with E-state index in [9.17, 15) is 9.18 Å². The lowest BCUT2D eigenvalue weighted by molar-refractivity contribution is -0.108. The smallest absolute Gasteiger partial charge is 0.316 e. The van der Waals surface area contributed by atoms with Crippen LogP contribution in [0, 0.1) is 5.82 Å². The maximum Gasteiger partial charge on any atom is 0.316 e. The van der Waals surface area contributed by atoms with Crippen LogP contribution in [0.4, 0.5) is 10.4 Å². The van der Waals surface area contributed by atoms with Crippen LogP contribution in [0.1, 0.15) is 6.92 Å². The van der Waals surface area contributed by atoms with Crippen molar-refractivity contribution in [1.29, 1.82) is 0 Å². The average Bonchev–Trinajstić information content (AvgIpc) is 2.78. The molecule has 0 saturated heterocycles. The van der Waals surface area contributed by atoms with Gasteiger partial charge in [-0.2, -0.15) is 0 Å². The summed E-state index contributed by atoms with van der Waals surface area (Å²) in [4.78, 5) is 10.4. The molecular weight excluding hydrogens is 225 g/mol. The van der Waals surface area contributed by atoms with Gasteiger partial charge in [0.2, 0.25) is 5.89 Å². The molecule has 1 N–H and O–H groups in total. The Kier molecular flexibility index (Phi) is 3.13. The Hall–Kier alpha value is -2.24. The summed E-state index contributed by atoms with van der Waals surface area (Å²) in [5, 5.41) is 10.2. The molecule has 88 valence electrons. The highest BCUT2D eigenvalue weighted by Crippen LogP contribution is 2.19. The first-order chi connectivity index (χ1) is 8.19. The van der Waals surface area contributed by atoms with Gasteiger partial charge in [0.1, 0.15) is 12.1 Å². The Morgan fingerprint density at radius 1 is 1.35 bits per heavy atom. The third-order valence-corrected chi connectivity index (χ3v) is 2.07. The molecule has 0 aliphatic carbocycles.